The molecule has 1 aromatic rings. The van der Waals surface area contributed by atoms with Crippen LogP contribution in [0, 0.1) is 28.1 Å². The van der Waals surface area contributed by atoms with Crippen LogP contribution in [-0.2, 0) is 0 Å². The van der Waals surface area contributed by atoms with E-state index in [0.717, 1.165) is 11.1 Å². The van der Waals surface area contributed by atoms with Gasteiger partial charge in [0.2, 0.25) is 0 Å². The first-order chi connectivity index (χ1) is 8.60. The molecule has 1 unspecified atom stereocenters. The van der Waals surface area contributed by atoms with Crippen molar-refractivity contribution in [1.29, 1.82) is 10.5 Å². The fourth-order valence-corrected chi connectivity index (χ4v) is 2.48. The van der Waals surface area contributed by atoms with E-state index in [1.807, 2.05) is 43.3 Å². The molecule has 0 saturated heterocycles. The van der Waals surface area contributed by atoms with Crippen LogP contribution in [-0.4, -0.2) is 0 Å². The van der Waals surface area contributed by atoms with E-state index < -0.39 is 5.41 Å². The average molecular weight is 299 g/mol. The summed E-state index contributed by atoms with van der Waals surface area (Å²) in [5.41, 5.74) is 1.96. The van der Waals surface area contributed by atoms with Crippen LogP contribution in [0.25, 0.3) is 5.57 Å². The Labute approximate surface area is 115 Å². The Balaban J connectivity index is 2.55. The van der Waals surface area contributed by atoms with Crippen molar-refractivity contribution >= 4 is 21.5 Å². The van der Waals surface area contributed by atoms with E-state index in [0.29, 0.717) is 16.5 Å². The lowest BCUT2D eigenvalue weighted by Crippen LogP contribution is -2.19. The van der Waals surface area contributed by atoms with Gasteiger partial charge in [0.15, 0.2) is 0 Å². The molecule has 1 aliphatic carbocycles. The molecule has 0 aromatic heterocycles. The predicted molar refractivity (Wildman–Crippen MR) is 74.3 cm³/mol. The zero-order valence-corrected chi connectivity index (χ0v) is 11.5. The summed E-state index contributed by atoms with van der Waals surface area (Å²) in [5.74, 6) is 0. The molecular formula is C15H11BrN2. The Hall–Kier alpha value is -1.84. The van der Waals surface area contributed by atoms with Gasteiger partial charge in [-0.2, -0.15) is 10.5 Å². The van der Waals surface area contributed by atoms with E-state index in [4.69, 9.17) is 5.26 Å². The number of allylic oxidation sites excluding steroid dienone is 4. The second kappa shape index (κ2) is 4.80. The molecular weight excluding hydrogens is 288 g/mol. The predicted octanol–water partition coefficient (Wildman–Crippen LogP) is 4.18. The summed E-state index contributed by atoms with van der Waals surface area (Å²) in [4.78, 5) is 0. The topological polar surface area (TPSA) is 47.6 Å². The Morgan fingerprint density at radius 2 is 1.89 bits per heavy atom. The third-order valence-electron chi connectivity index (χ3n) is 3.10. The molecule has 88 valence electrons. The van der Waals surface area contributed by atoms with Gasteiger partial charge in [-0.15, -0.1) is 0 Å². The highest BCUT2D eigenvalue weighted by Gasteiger charge is 2.34. The van der Waals surface area contributed by atoms with Crippen LogP contribution in [0.2, 0.25) is 0 Å². The van der Waals surface area contributed by atoms with E-state index in [9.17, 15) is 5.26 Å². The van der Waals surface area contributed by atoms with Gasteiger partial charge >= 0.3 is 0 Å². The molecule has 0 aliphatic heterocycles. The van der Waals surface area contributed by atoms with Crippen molar-refractivity contribution in [2.24, 2.45) is 5.41 Å². The molecule has 0 fully saturated rings. The molecule has 1 aliphatic rings. The third-order valence-corrected chi connectivity index (χ3v) is 4.40. The number of rotatable bonds is 1. The first-order valence-corrected chi connectivity index (χ1v) is 6.37. The van der Waals surface area contributed by atoms with Crippen LogP contribution in [0.5, 0.6) is 0 Å². The molecule has 18 heavy (non-hydrogen) atoms. The molecule has 0 bridgehead atoms. The van der Waals surface area contributed by atoms with Crippen molar-refractivity contribution in [3.05, 3.63) is 52.0 Å². The first kappa shape index (κ1) is 12.6. The highest BCUT2D eigenvalue weighted by molar-refractivity contribution is 9.11. The molecule has 1 aromatic carbocycles. The molecule has 2 rings (SSSR count). The molecule has 0 heterocycles. The van der Waals surface area contributed by atoms with Gasteiger partial charge in [-0.05, 0) is 30.6 Å². The average Bonchev–Trinajstić information content (AvgIpc) is 2.42. The lowest BCUT2D eigenvalue weighted by atomic mass is 9.77. The van der Waals surface area contributed by atoms with Crippen molar-refractivity contribution < 1.29 is 0 Å². The van der Waals surface area contributed by atoms with Crippen LogP contribution in [0.15, 0.2) is 46.5 Å². The fourth-order valence-electron chi connectivity index (χ4n) is 2.05. The smallest absolute Gasteiger partial charge is 0.100 e. The van der Waals surface area contributed by atoms with Crippen molar-refractivity contribution in [1.82, 2.24) is 0 Å². The summed E-state index contributed by atoms with van der Waals surface area (Å²) >= 11 is 3.39. The highest BCUT2D eigenvalue weighted by atomic mass is 79.9. The van der Waals surface area contributed by atoms with Crippen LogP contribution in [0.1, 0.15) is 18.9 Å². The van der Waals surface area contributed by atoms with Crippen LogP contribution in [0.4, 0.5) is 0 Å². The van der Waals surface area contributed by atoms with Crippen LogP contribution in [0.3, 0.4) is 0 Å². The third kappa shape index (κ3) is 2.10. The molecule has 3 heteroatoms. The minimum Gasteiger partial charge on any atom is -0.197 e. The van der Waals surface area contributed by atoms with E-state index in [1.54, 1.807) is 0 Å². The largest absolute Gasteiger partial charge is 0.197 e. The van der Waals surface area contributed by atoms with Crippen molar-refractivity contribution in [2.45, 2.75) is 13.3 Å². The lowest BCUT2D eigenvalue weighted by molar-refractivity contribution is 0.571. The van der Waals surface area contributed by atoms with Crippen LogP contribution >= 0.6 is 15.9 Å². The Morgan fingerprint density at radius 1 is 1.22 bits per heavy atom. The minimum atomic E-state index is -0.662. The summed E-state index contributed by atoms with van der Waals surface area (Å²) in [6, 6.07) is 14.3. The SMILES string of the molecule is CC1(C#N)CC(c2ccccc2)=CC(C#N)=C1Br. The van der Waals surface area contributed by atoms with Gasteiger partial charge < -0.3 is 0 Å². The number of nitriles is 2. The van der Waals surface area contributed by atoms with Gasteiger partial charge in [-0.3, -0.25) is 0 Å². The molecule has 0 radical (unpaired) electrons. The van der Waals surface area contributed by atoms with Gasteiger partial charge in [0.05, 0.1) is 17.1 Å². The van der Waals surface area contributed by atoms with Gasteiger partial charge in [-0.1, -0.05) is 46.3 Å². The van der Waals surface area contributed by atoms with E-state index in [-0.39, 0.29) is 0 Å². The second-order valence-corrected chi connectivity index (χ2v) is 5.29. The number of halogens is 1. The maximum Gasteiger partial charge on any atom is 0.100 e. The Morgan fingerprint density at radius 3 is 2.44 bits per heavy atom. The van der Waals surface area contributed by atoms with Gasteiger partial charge in [0.1, 0.15) is 6.07 Å². The Kier molecular flexibility index (Phi) is 3.36. The minimum absolute atomic E-state index is 0.532. The molecule has 2 nitrogen and oxygen atoms in total. The molecule has 0 spiro atoms. The van der Waals surface area contributed by atoms with E-state index in [2.05, 4.69) is 28.1 Å². The molecule has 0 N–H and O–H groups in total. The number of nitrogens with zero attached hydrogens (tertiary/aromatic N) is 2. The first-order valence-electron chi connectivity index (χ1n) is 5.58. The monoisotopic (exact) mass is 298 g/mol. The molecule has 0 amide bonds. The summed E-state index contributed by atoms with van der Waals surface area (Å²) in [7, 11) is 0. The second-order valence-electron chi connectivity index (χ2n) is 4.50. The molecule has 1 atom stereocenters. The quantitative estimate of drug-likeness (QED) is 0.781. The van der Waals surface area contributed by atoms with Gasteiger partial charge in [0.25, 0.3) is 0 Å². The zero-order valence-electron chi connectivity index (χ0n) is 9.94. The maximum absolute atomic E-state index is 9.35. The maximum atomic E-state index is 9.35. The summed E-state index contributed by atoms with van der Waals surface area (Å²) in [5, 5.41) is 18.5. The van der Waals surface area contributed by atoms with Gasteiger partial charge in [-0.25, -0.2) is 0 Å². The summed E-state index contributed by atoms with van der Waals surface area (Å²) in [6.07, 6.45) is 2.47. The lowest BCUT2D eigenvalue weighted by Gasteiger charge is -2.27. The van der Waals surface area contributed by atoms with Crippen LogP contribution < -0.4 is 0 Å². The normalized spacial score (nSPS) is 23.0. The zero-order chi connectivity index (χ0) is 13.2. The van der Waals surface area contributed by atoms with E-state index in [1.165, 1.54) is 0 Å². The van der Waals surface area contributed by atoms with Gasteiger partial charge in [0, 0.05) is 4.48 Å². The van der Waals surface area contributed by atoms with Crippen molar-refractivity contribution in [2.75, 3.05) is 0 Å². The number of benzene rings is 1. The summed E-state index contributed by atoms with van der Waals surface area (Å²) in [6.45, 7) is 1.85. The fraction of sp³-hybridized carbons (Fsp3) is 0.200. The Bertz CT molecular complexity index is 614. The van der Waals surface area contributed by atoms with Crippen molar-refractivity contribution in [3.63, 3.8) is 0 Å². The highest BCUT2D eigenvalue weighted by Crippen LogP contribution is 2.45. The molecule has 0 saturated carbocycles. The number of hydrogen-bond donors (Lipinski definition) is 0. The van der Waals surface area contributed by atoms with Crippen molar-refractivity contribution in [3.8, 4) is 12.1 Å². The summed E-state index contributed by atoms with van der Waals surface area (Å²) < 4.78 is 0.680. The number of hydrogen-bond acceptors (Lipinski definition) is 2. The standard InChI is InChI=1S/C15H11BrN2/c1-15(10-18)8-12(7-13(9-17)14(15)16)11-5-3-2-4-6-11/h2-7H,8H2,1H3. The van der Waals surface area contributed by atoms with E-state index >= 15 is 0 Å².